The molecule has 1 aliphatic carbocycles. The van der Waals surface area contributed by atoms with E-state index in [9.17, 15) is 13.2 Å². The Labute approximate surface area is 128 Å². The minimum absolute atomic E-state index is 0.232. The van der Waals surface area contributed by atoms with Crippen LogP contribution in [0.3, 0.4) is 0 Å². The van der Waals surface area contributed by atoms with Crippen LogP contribution in [0.1, 0.15) is 30.6 Å². The van der Waals surface area contributed by atoms with Crippen molar-refractivity contribution in [2.75, 3.05) is 6.61 Å². The van der Waals surface area contributed by atoms with Gasteiger partial charge in [0.1, 0.15) is 6.61 Å². The van der Waals surface area contributed by atoms with E-state index < -0.39 is 12.8 Å². The molecule has 2 rings (SSSR count). The molecule has 1 saturated carbocycles. The van der Waals surface area contributed by atoms with Crippen molar-refractivity contribution in [3.63, 3.8) is 0 Å². The van der Waals surface area contributed by atoms with Crippen LogP contribution >= 0.6 is 27.3 Å². The molecule has 7 heteroatoms. The van der Waals surface area contributed by atoms with Gasteiger partial charge in [0.15, 0.2) is 0 Å². The molecule has 0 radical (unpaired) electrons. The third-order valence-electron chi connectivity index (χ3n) is 3.35. The van der Waals surface area contributed by atoms with Crippen LogP contribution in [-0.4, -0.2) is 24.9 Å². The zero-order chi connectivity index (χ0) is 14.6. The monoisotopic (exact) mass is 371 g/mol. The Balaban J connectivity index is 1.74. The van der Waals surface area contributed by atoms with Gasteiger partial charge in [-0.25, -0.2) is 0 Å². The second-order valence-electron chi connectivity index (χ2n) is 4.98. The van der Waals surface area contributed by atoms with E-state index in [1.54, 1.807) is 11.3 Å². The highest BCUT2D eigenvalue weighted by atomic mass is 79.9. The molecule has 0 saturated heterocycles. The summed E-state index contributed by atoms with van der Waals surface area (Å²) in [7, 11) is 0. The van der Waals surface area contributed by atoms with Gasteiger partial charge in [-0.05, 0) is 53.1 Å². The summed E-state index contributed by atoms with van der Waals surface area (Å²) < 4.78 is 42.5. The van der Waals surface area contributed by atoms with Crippen LogP contribution in [0.2, 0.25) is 0 Å². The van der Waals surface area contributed by atoms with Gasteiger partial charge >= 0.3 is 6.18 Å². The standard InChI is InChI=1S/C13H17BrF3NOS/c14-11-4-5-20-12(11)7-18-9-2-1-3-10(6-9)19-8-13(15,16)17/h4-5,9-10,18H,1-3,6-8H2. The summed E-state index contributed by atoms with van der Waals surface area (Å²) in [5.41, 5.74) is 0. The van der Waals surface area contributed by atoms with Gasteiger partial charge in [-0.2, -0.15) is 13.2 Å². The van der Waals surface area contributed by atoms with Crippen LogP contribution in [0.5, 0.6) is 0 Å². The molecular formula is C13H17BrF3NOS. The maximum Gasteiger partial charge on any atom is 0.411 e. The summed E-state index contributed by atoms with van der Waals surface area (Å²) in [6.45, 7) is -0.393. The predicted molar refractivity (Wildman–Crippen MR) is 76.9 cm³/mol. The molecule has 114 valence electrons. The highest BCUT2D eigenvalue weighted by molar-refractivity contribution is 9.10. The maximum absolute atomic E-state index is 12.1. The van der Waals surface area contributed by atoms with Crippen molar-refractivity contribution < 1.29 is 17.9 Å². The van der Waals surface area contributed by atoms with Crippen LogP contribution in [0.4, 0.5) is 13.2 Å². The Morgan fingerprint density at radius 1 is 1.40 bits per heavy atom. The van der Waals surface area contributed by atoms with Gasteiger partial charge in [0.2, 0.25) is 0 Å². The first-order chi connectivity index (χ1) is 9.44. The lowest BCUT2D eigenvalue weighted by molar-refractivity contribution is -0.188. The Morgan fingerprint density at radius 2 is 2.20 bits per heavy atom. The van der Waals surface area contributed by atoms with Crippen molar-refractivity contribution in [1.29, 1.82) is 0 Å². The van der Waals surface area contributed by atoms with Crippen molar-refractivity contribution in [2.24, 2.45) is 0 Å². The lowest BCUT2D eigenvalue weighted by Gasteiger charge is -2.30. The molecule has 0 bridgehead atoms. The molecule has 0 aromatic carbocycles. The molecule has 0 aliphatic heterocycles. The third-order valence-corrected chi connectivity index (χ3v) is 5.28. The minimum Gasteiger partial charge on any atom is -0.369 e. The molecule has 0 amide bonds. The fourth-order valence-electron chi connectivity index (χ4n) is 2.38. The van der Waals surface area contributed by atoms with Gasteiger partial charge in [-0.1, -0.05) is 0 Å². The molecule has 0 spiro atoms. The molecule has 1 aliphatic rings. The van der Waals surface area contributed by atoms with Crippen molar-refractivity contribution in [2.45, 2.75) is 50.6 Å². The Bertz CT molecular complexity index is 424. The van der Waals surface area contributed by atoms with E-state index in [1.807, 2.05) is 11.4 Å². The second-order valence-corrected chi connectivity index (χ2v) is 6.84. The van der Waals surface area contributed by atoms with Gasteiger partial charge in [0.05, 0.1) is 6.10 Å². The summed E-state index contributed by atoms with van der Waals surface area (Å²) in [6.07, 6.45) is -1.24. The van der Waals surface area contributed by atoms with E-state index in [1.165, 1.54) is 4.88 Å². The number of nitrogens with one attached hydrogen (secondary N) is 1. The molecule has 1 N–H and O–H groups in total. The van der Waals surface area contributed by atoms with Crippen LogP contribution < -0.4 is 5.32 Å². The van der Waals surface area contributed by atoms with E-state index in [0.29, 0.717) is 6.42 Å². The molecule has 1 aromatic rings. The number of hydrogen-bond donors (Lipinski definition) is 1. The Hall–Kier alpha value is -0.110. The molecule has 20 heavy (non-hydrogen) atoms. The topological polar surface area (TPSA) is 21.3 Å². The Kier molecular flexibility index (Phi) is 5.89. The normalized spacial score (nSPS) is 24.0. The molecular weight excluding hydrogens is 355 g/mol. The lowest BCUT2D eigenvalue weighted by Crippen LogP contribution is -2.37. The largest absolute Gasteiger partial charge is 0.411 e. The highest BCUT2D eigenvalue weighted by Crippen LogP contribution is 2.26. The molecule has 1 heterocycles. The number of alkyl halides is 3. The number of thiophene rings is 1. The lowest BCUT2D eigenvalue weighted by atomic mass is 9.93. The van der Waals surface area contributed by atoms with Gasteiger partial charge < -0.3 is 10.1 Å². The maximum atomic E-state index is 12.1. The van der Waals surface area contributed by atoms with Crippen LogP contribution in [0, 0.1) is 0 Å². The van der Waals surface area contributed by atoms with Gasteiger partial charge in [-0.15, -0.1) is 11.3 Å². The van der Waals surface area contributed by atoms with E-state index in [4.69, 9.17) is 4.74 Å². The fourth-order valence-corrected chi connectivity index (χ4v) is 3.83. The van der Waals surface area contributed by atoms with E-state index in [0.717, 1.165) is 30.3 Å². The smallest absolute Gasteiger partial charge is 0.369 e. The number of ether oxygens (including phenoxy) is 1. The fraction of sp³-hybridized carbons (Fsp3) is 0.692. The molecule has 1 aromatic heterocycles. The summed E-state index contributed by atoms with van der Waals surface area (Å²) in [4.78, 5) is 1.21. The zero-order valence-electron chi connectivity index (χ0n) is 10.9. The quantitative estimate of drug-likeness (QED) is 0.823. The third kappa shape index (κ3) is 5.35. The van der Waals surface area contributed by atoms with E-state index >= 15 is 0 Å². The molecule has 1 fully saturated rings. The van der Waals surface area contributed by atoms with E-state index in [-0.39, 0.29) is 12.1 Å². The SMILES string of the molecule is FC(F)(F)COC1CCCC(NCc2sccc2Br)C1. The highest BCUT2D eigenvalue weighted by Gasteiger charge is 2.31. The number of halogens is 4. The van der Waals surface area contributed by atoms with Crippen molar-refractivity contribution in [1.82, 2.24) is 5.32 Å². The first-order valence-corrected chi connectivity index (χ1v) is 8.25. The summed E-state index contributed by atoms with van der Waals surface area (Å²) >= 11 is 5.13. The van der Waals surface area contributed by atoms with Crippen LogP contribution in [0.25, 0.3) is 0 Å². The van der Waals surface area contributed by atoms with Crippen molar-refractivity contribution in [3.8, 4) is 0 Å². The first-order valence-electron chi connectivity index (χ1n) is 6.57. The van der Waals surface area contributed by atoms with E-state index in [2.05, 4.69) is 21.2 Å². The summed E-state index contributed by atoms with van der Waals surface area (Å²) in [5.74, 6) is 0. The van der Waals surface area contributed by atoms with Gasteiger partial charge in [0.25, 0.3) is 0 Å². The predicted octanol–water partition coefficient (Wildman–Crippen LogP) is 4.49. The second kappa shape index (κ2) is 7.24. The van der Waals surface area contributed by atoms with Crippen LogP contribution in [-0.2, 0) is 11.3 Å². The zero-order valence-corrected chi connectivity index (χ0v) is 13.3. The van der Waals surface area contributed by atoms with Crippen molar-refractivity contribution in [3.05, 3.63) is 20.8 Å². The number of rotatable bonds is 5. The summed E-state index contributed by atoms with van der Waals surface area (Å²) in [6, 6.07) is 2.23. The summed E-state index contributed by atoms with van der Waals surface area (Å²) in [5, 5.41) is 5.42. The molecule has 2 nitrogen and oxygen atoms in total. The molecule has 2 atom stereocenters. The van der Waals surface area contributed by atoms with Gasteiger partial charge in [-0.3, -0.25) is 0 Å². The van der Waals surface area contributed by atoms with Gasteiger partial charge in [0, 0.05) is 21.9 Å². The number of hydrogen-bond acceptors (Lipinski definition) is 3. The Morgan fingerprint density at radius 3 is 2.85 bits per heavy atom. The van der Waals surface area contributed by atoms with Crippen molar-refractivity contribution >= 4 is 27.3 Å². The average Bonchev–Trinajstić information content (AvgIpc) is 2.79. The van der Waals surface area contributed by atoms with Crippen LogP contribution in [0.15, 0.2) is 15.9 Å². The first kappa shape index (κ1) is 16.3. The minimum atomic E-state index is -4.23. The molecule has 2 unspecified atom stereocenters. The average molecular weight is 372 g/mol.